The van der Waals surface area contributed by atoms with Crippen molar-refractivity contribution in [3.05, 3.63) is 53.6 Å². The third kappa shape index (κ3) is 7.33. The van der Waals surface area contributed by atoms with Crippen LogP contribution in [0.5, 0.6) is 0 Å². The lowest BCUT2D eigenvalue weighted by molar-refractivity contribution is -0.137. The number of halogens is 4. The normalized spacial score (nSPS) is 13.0. The molecular formula is C19H27F3IN5. The standard InChI is InChI=1S/C19H26F3N5.HI/c1-14(16-7-6-8-17(13-16)19(20,21)22)26-18(23-3)25-9-4-5-11-27-12-10-24-15(27)2;/h6-8,10,12-14H,4-5,9,11H2,1-3H3,(H2,23,25,26);1H. The van der Waals surface area contributed by atoms with E-state index in [1.807, 2.05) is 20.0 Å². The molecule has 0 radical (unpaired) electrons. The van der Waals surface area contributed by atoms with Crippen LogP contribution in [-0.2, 0) is 12.7 Å². The second-order valence-electron chi connectivity index (χ2n) is 6.36. The van der Waals surface area contributed by atoms with Gasteiger partial charge in [0.1, 0.15) is 5.82 Å². The Morgan fingerprint density at radius 2 is 2.04 bits per heavy atom. The van der Waals surface area contributed by atoms with Crippen LogP contribution in [0.15, 0.2) is 41.7 Å². The van der Waals surface area contributed by atoms with Crippen molar-refractivity contribution in [3.63, 3.8) is 0 Å². The Labute approximate surface area is 180 Å². The number of aliphatic imine (C=N–C) groups is 1. The summed E-state index contributed by atoms with van der Waals surface area (Å²) >= 11 is 0. The van der Waals surface area contributed by atoms with Crippen molar-refractivity contribution in [1.82, 2.24) is 20.2 Å². The second kappa shape index (κ2) is 11.3. The minimum atomic E-state index is -4.34. The maximum absolute atomic E-state index is 12.9. The zero-order valence-electron chi connectivity index (χ0n) is 16.3. The van der Waals surface area contributed by atoms with E-state index in [9.17, 15) is 13.2 Å². The molecule has 1 aromatic heterocycles. The van der Waals surface area contributed by atoms with Gasteiger partial charge in [-0.2, -0.15) is 13.2 Å². The van der Waals surface area contributed by atoms with Crippen molar-refractivity contribution in [2.24, 2.45) is 4.99 Å². The number of guanidine groups is 1. The number of hydrogen-bond acceptors (Lipinski definition) is 2. The predicted molar refractivity (Wildman–Crippen MR) is 116 cm³/mol. The highest BCUT2D eigenvalue weighted by atomic mass is 127. The Kier molecular flexibility index (Phi) is 9.77. The number of unbranched alkanes of at least 4 members (excludes halogenated alkanes) is 1. The summed E-state index contributed by atoms with van der Waals surface area (Å²) in [6.07, 6.45) is 1.33. The Hall–Kier alpha value is -1.78. The number of nitrogens with zero attached hydrogens (tertiary/aromatic N) is 3. The lowest BCUT2D eigenvalue weighted by Gasteiger charge is -2.19. The molecule has 0 saturated carbocycles. The first-order valence-electron chi connectivity index (χ1n) is 8.93. The molecule has 2 rings (SSSR count). The molecule has 1 heterocycles. The van der Waals surface area contributed by atoms with Crippen molar-refractivity contribution in [3.8, 4) is 0 Å². The summed E-state index contributed by atoms with van der Waals surface area (Å²) in [6.45, 7) is 5.41. The van der Waals surface area contributed by atoms with Gasteiger partial charge >= 0.3 is 6.18 Å². The molecule has 0 aliphatic rings. The summed E-state index contributed by atoms with van der Waals surface area (Å²) in [5.41, 5.74) is -0.0882. The fourth-order valence-corrected chi connectivity index (χ4v) is 2.72. The van der Waals surface area contributed by atoms with E-state index in [0.717, 1.165) is 37.8 Å². The van der Waals surface area contributed by atoms with Crippen LogP contribution < -0.4 is 10.6 Å². The monoisotopic (exact) mass is 509 g/mol. The topological polar surface area (TPSA) is 54.2 Å². The quantitative estimate of drug-likeness (QED) is 0.250. The Bertz CT molecular complexity index is 758. The Balaban J connectivity index is 0.00000392. The van der Waals surface area contributed by atoms with Gasteiger partial charge in [-0.1, -0.05) is 12.1 Å². The Morgan fingerprint density at radius 1 is 1.29 bits per heavy atom. The summed E-state index contributed by atoms with van der Waals surface area (Å²) in [5, 5.41) is 6.33. The van der Waals surface area contributed by atoms with Crippen LogP contribution >= 0.6 is 24.0 Å². The number of benzene rings is 1. The third-order valence-electron chi connectivity index (χ3n) is 4.33. The van der Waals surface area contributed by atoms with Crippen molar-refractivity contribution < 1.29 is 13.2 Å². The van der Waals surface area contributed by atoms with Crippen LogP contribution in [0.1, 0.15) is 42.8 Å². The lowest BCUT2D eigenvalue weighted by atomic mass is 10.1. The summed E-state index contributed by atoms with van der Waals surface area (Å²) in [7, 11) is 1.64. The minimum Gasteiger partial charge on any atom is -0.356 e. The molecule has 156 valence electrons. The third-order valence-corrected chi connectivity index (χ3v) is 4.33. The largest absolute Gasteiger partial charge is 0.416 e. The van der Waals surface area contributed by atoms with E-state index in [1.165, 1.54) is 12.1 Å². The van der Waals surface area contributed by atoms with Crippen molar-refractivity contribution in [1.29, 1.82) is 0 Å². The number of hydrogen-bond donors (Lipinski definition) is 2. The average Bonchev–Trinajstić information content (AvgIpc) is 3.04. The van der Waals surface area contributed by atoms with E-state index in [4.69, 9.17) is 0 Å². The van der Waals surface area contributed by atoms with Gasteiger partial charge in [-0.15, -0.1) is 24.0 Å². The molecule has 0 aliphatic heterocycles. The minimum absolute atomic E-state index is 0. The van der Waals surface area contributed by atoms with Crippen LogP contribution in [0.3, 0.4) is 0 Å². The zero-order chi connectivity index (χ0) is 19.9. The summed E-state index contributed by atoms with van der Waals surface area (Å²) in [6, 6.07) is 5.04. The van der Waals surface area contributed by atoms with Crippen LogP contribution in [0.25, 0.3) is 0 Å². The maximum atomic E-state index is 12.9. The molecular weight excluding hydrogens is 482 g/mol. The molecule has 1 atom stereocenters. The van der Waals surface area contributed by atoms with E-state index < -0.39 is 11.7 Å². The molecule has 5 nitrogen and oxygen atoms in total. The SMILES string of the molecule is CN=C(NCCCCn1ccnc1C)NC(C)c1cccc(C(F)(F)F)c1.I. The van der Waals surface area contributed by atoms with Crippen LogP contribution in [-0.4, -0.2) is 29.1 Å². The molecule has 0 aliphatic carbocycles. The predicted octanol–water partition coefficient (Wildman–Crippen LogP) is 4.53. The van der Waals surface area contributed by atoms with Gasteiger partial charge in [0.2, 0.25) is 0 Å². The number of aromatic nitrogens is 2. The van der Waals surface area contributed by atoms with Gasteiger partial charge in [0, 0.05) is 32.5 Å². The lowest BCUT2D eigenvalue weighted by Crippen LogP contribution is -2.39. The van der Waals surface area contributed by atoms with Crippen LogP contribution in [0, 0.1) is 6.92 Å². The van der Waals surface area contributed by atoms with E-state index in [-0.39, 0.29) is 30.0 Å². The van der Waals surface area contributed by atoms with Gasteiger partial charge in [0.15, 0.2) is 5.96 Å². The zero-order valence-corrected chi connectivity index (χ0v) is 18.6. The molecule has 0 bridgehead atoms. The molecule has 1 aromatic carbocycles. The van der Waals surface area contributed by atoms with Gasteiger partial charge < -0.3 is 15.2 Å². The summed E-state index contributed by atoms with van der Waals surface area (Å²) in [4.78, 5) is 8.33. The number of imidazole rings is 1. The maximum Gasteiger partial charge on any atom is 0.416 e. The van der Waals surface area contributed by atoms with E-state index in [1.54, 1.807) is 19.3 Å². The van der Waals surface area contributed by atoms with E-state index in [0.29, 0.717) is 11.5 Å². The van der Waals surface area contributed by atoms with Gasteiger partial charge in [0.05, 0.1) is 11.6 Å². The van der Waals surface area contributed by atoms with Crippen molar-refractivity contribution in [2.45, 2.75) is 45.5 Å². The second-order valence-corrected chi connectivity index (χ2v) is 6.36. The van der Waals surface area contributed by atoms with Gasteiger partial charge in [0.25, 0.3) is 0 Å². The highest BCUT2D eigenvalue weighted by Gasteiger charge is 2.30. The molecule has 9 heteroatoms. The number of aryl methyl sites for hydroxylation is 2. The van der Waals surface area contributed by atoms with Crippen molar-refractivity contribution in [2.75, 3.05) is 13.6 Å². The van der Waals surface area contributed by atoms with Gasteiger partial charge in [-0.25, -0.2) is 4.98 Å². The first-order valence-corrected chi connectivity index (χ1v) is 8.93. The van der Waals surface area contributed by atoms with Crippen molar-refractivity contribution >= 4 is 29.9 Å². The molecule has 0 amide bonds. The van der Waals surface area contributed by atoms with Gasteiger partial charge in [-0.05, 0) is 44.4 Å². The molecule has 2 aromatic rings. The number of rotatable bonds is 7. The molecule has 0 fully saturated rings. The van der Waals surface area contributed by atoms with Crippen LogP contribution in [0.2, 0.25) is 0 Å². The summed E-state index contributed by atoms with van der Waals surface area (Å²) in [5.74, 6) is 1.56. The van der Waals surface area contributed by atoms with Crippen LogP contribution in [0.4, 0.5) is 13.2 Å². The first-order chi connectivity index (χ1) is 12.8. The highest BCUT2D eigenvalue weighted by Crippen LogP contribution is 2.30. The molecule has 0 spiro atoms. The molecule has 28 heavy (non-hydrogen) atoms. The van der Waals surface area contributed by atoms with E-state index >= 15 is 0 Å². The fourth-order valence-electron chi connectivity index (χ4n) is 2.72. The van der Waals surface area contributed by atoms with Gasteiger partial charge in [-0.3, -0.25) is 4.99 Å². The molecule has 0 saturated heterocycles. The number of nitrogens with one attached hydrogen (secondary N) is 2. The highest BCUT2D eigenvalue weighted by molar-refractivity contribution is 14.0. The average molecular weight is 509 g/mol. The Morgan fingerprint density at radius 3 is 2.64 bits per heavy atom. The fraction of sp³-hybridized carbons (Fsp3) is 0.474. The first kappa shape index (κ1) is 24.3. The number of alkyl halides is 3. The molecule has 2 N–H and O–H groups in total. The molecule has 1 unspecified atom stereocenters. The smallest absolute Gasteiger partial charge is 0.356 e. The van der Waals surface area contributed by atoms with E-state index in [2.05, 4.69) is 25.2 Å². The summed E-state index contributed by atoms with van der Waals surface area (Å²) < 4.78 is 40.7.